The summed E-state index contributed by atoms with van der Waals surface area (Å²) in [6.07, 6.45) is 0. The molecule has 0 aromatic heterocycles. The van der Waals surface area contributed by atoms with Gasteiger partial charge in [-0.2, -0.15) is 0 Å². The van der Waals surface area contributed by atoms with Crippen molar-refractivity contribution in [3.63, 3.8) is 0 Å². The number of benzene rings is 1. The second-order valence-corrected chi connectivity index (χ2v) is 4.31. The SMILES string of the molecule is Cc1c(C)c(Cl)c2c(c1Cl)C(=O)N(O)C2=O. The predicted octanol–water partition coefficient (Wildman–Crippen LogP) is 2.60. The highest BCUT2D eigenvalue weighted by molar-refractivity contribution is 6.42. The second-order valence-electron chi connectivity index (χ2n) is 3.55. The molecule has 6 heteroatoms. The highest BCUT2D eigenvalue weighted by Crippen LogP contribution is 2.38. The van der Waals surface area contributed by atoms with E-state index in [2.05, 4.69) is 0 Å². The molecule has 0 spiro atoms. The summed E-state index contributed by atoms with van der Waals surface area (Å²) < 4.78 is 0. The molecule has 1 aromatic carbocycles. The van der Waals surface area contributed by atoms with E-state index in [-0.39, 0.29) is 26.2 Å². The molecule has 1 aromatic rings. The van der Waals surface area contributed by atoms with Gasteiger partial charge in [0.2, 0.25) is 0 Å². The zero-order valence-corrected chi connectivity index (χ0v) is 9.98. The van der Waals surface area contributed by atoms with Crippen molar-refractivity contribution in [2.45, 2.75) is 13.8 Å². The number of carbonyl (C=O) groups excluding carboxylic acids is 2. The molecule has 0 atom stereocenters. The van der Waals surface area contributed by atoms with E-state index < -0.39 is 11.8 Å². The molecule has 2 rings (SSSR count). The molecule has 1 heterocycles. The zero-order valence-electron chi connectivity index (χ0n) is 8.47. The minimum absolute atomic E-state index is 0.0257. The van der Waals surface area contributed by atoms with Crippen LogP contribution >= 0.6 is 23.2 Å². The number of hydrogen-bond acceptors (Lipinski definition) is 3. The van der Waals surface area contributed by atoms with E-state index in [9.17, 15) is 14.8 Å². The predicted molar refractivity (Wildman–Crippen MR) is 58.2 cm³/mol. The van der Waals surface area contributed by atoms with E-state index in [4.69, 9.17) is 23.2 Å². The van der Waals surface area contributed by atoms with Gasteiger partial charge in [-0.05, 0) is 25.0 Å². The number of nitrogens with zero attached hydrogens (tertiary/aromatic N) is 1. The Morgan fingerprint density at radius 1 is 0.938 bits per heavy atom. The first-order valence-corrected chi connectivity index (χ1v) is 5.19. The molecule has 84 valence electrons. The summed E-state index contributed by atoms with van der Waals surface area (Å²) >= 11 is 11.9. The van der Waals surface area contributed by atoms with Gasteiger partial charge in [-0.3, -0.25) is 14.8 Å². The van der Waals surface area contributed by atoms with Crippen LogP contribution in [0, 0.1) is 13.8 Å². The molecule has 0 aliphatic carbocycles. The minimum atomic E-state index is -0.838. The van der Waals surface area contributed by atoms with Crippen molar-refractivity contribution in [3.05, 3.63) is 32.3 Å². The van der Waals surface area contributed by atoms with Crippen LogP contribution in [0.2, 0.25) is 10.0 Å². The number of imide groups is 1. The van der Waals surface area contributed by atoms with Gasteiger partial charge >= 0.3 is 0 Å². The molecule has 0 saturated carbocycles. The smallest absolute Gasteiger partial charge is 0.278 e. The highest BCUT2D eigenvalue weighted by Gasteiger charge is 2.40. The van der Waals surface area contributed by atoms with Gasteiger partial charge in [0.25, 0.3) is 11.8 Å². The fourth-order valence-electron chi connectivity index (χ4n) is 1.63. The first-order chi connectivity index (χ1) is 7.37. The summed E-state index contributed by atoms with van der Waals surface area (Å²) in [5, 5.41) is 9.58. The third-order valence-corrected chi connectivity index (χ3v) is 3.67. The molecule has 0 fully saturated rings. The highest BCUT2D eigenvalue weighted by atomic mass is 35.5. The Labute approximate surface area is 101 Å². The van der Waals surface area contributed by atoms with Gasteiger partial charge in [-0.1, -0.05) is 23.2 Å². The molecule has 1 N–H and O–H groups in total. The molecule has 4 nitrogen and oxygen atoms in total. The fraction of sp³-hybridized carbons (Fsp3) is 0.200. The Morgan fingerprint density at radius 3 is 1.56 bits per heavy atom. The van der Waals surface area contributed by atoms with Crippen molar-refractivity contribution in [2.24, 2.45) is 0 Å². The van der Waals surface area contributed by atoms with Crippen LogP contribution in [0.1, 0.15) is 31.8 Å². The number of carbonyl (C=O) groups is 2. The maximum Gasteiger partial charge on any atom is 0.287 e. The number of fused-ring (bicyclic) bond motifs is 1. The fourth-order valence-corrected chi connectivity index (χ4v) is 2.26. The summed E-state index contributed by atoms with van der Waals surface area (Å²) in [7, 11) is 0. The van der Waals surface area contributed by atoms with E-state index >= 15 is 0 Å². The average Bonchev–Trinajstić information content (AvgIpc) is 2.48. The summed E-state index contributed by atoms with van der Waals surface area (Å²) in [6, 6.07) is 0. The van der Waals surface area contributed by atoms with Crippen LogP contribution in [0.3, 0.4) is 0 Å². The second kappa shape index (κ2) is 3.45. The summed E-state index contributed by atoms with van der Waals surface area (Å²) in [6.45, 7) is 3.39. The van der Waals surface area contributed by atoms with Crippen LogP contribution in [0.15, 0.2) is 0 Å². The molecule has 0 bridgehead atoms. The zero-order chi connectivity index (χ0) is 12.2. The first-order valence-electron chi connectivity index (χ1n) is 4.43. The van der Waals surface area contributed by atoms with Gasteiger partial charge in [0, 0.05) is 0 Å². The molecule has 16 heavy (non-hydrogen) atoms. The molecule has 2 amide bonds. The quantitative estimate of drug-likeness (QED) is 0.576. The molecular weight excluding hydrogens is 253 g/mol. The third-order valence-electron chi connectivity index (χ3n) is 2.72. The Hall–Kier alpha value is -1.10. The van der Waals surface area contributed by atoms with E-state index in [1.165, 1.54) is 0 Å². The van der Waals surface area contributed by atoms with E-state index in [0.717, 1.165) is 0 Å². The number of amides is 2. The van der Waals surface area contributed by atoms with Crippen LogP contribution in [0.5, 0.6) is 0 Å². The van der Waals surface area contributed by atoms with Gasteiger partial charge < -0.3 is 0 Å². The van der Waals surface area contributed by atoms with Crippen LogP contribution in [-0.2, 0) is 0 Å². The van der Waals surface area contributed by atoms with Crippen molar-refractivity contribution in [1.82, 2.24) is 5.06 Å². The van der Waals surface area contributed by atoms with Crippen molar-refractivity contribution >= 4 is 35.0 Å². The number of hydrogen-bond donors (Lipinski definition) is 1. The third kappa shape index (κ3) is 1.21. The Kier molecular flexibility index (Phi) is 2.45. The summed E-state index contributed by atoms with van der Waals surface area (Å²) in [5.74, 6) is -1.68. The van der Waals surface area contributed by atoms with E-state index in [1.54, 1.807) is 13.8 Å². The number of halogens is 2. The summed E-state index contributed by atoms with van der Waals surface area (Å²) in [5.41, 5.74) is 1.20. The van der Waals surface area contributed by atoms with Crippen molar-refractivity contribution in [3.8, 4) is 0 Å². The standard InChI is InChI=1S/C10H7Cl2NO3/c1-3-4(2)8(12)6-5(7(3)11)9(14)13(16)10(6)15/h16H,1-2H3. The van der Waals surface area contributed by atoms with Crippen LogP contribution in [0.4, 0.5) is 0 Å². The molecule has 0 radical (unpaired) electrons. The maximum absolute atomic E-state index is 11.6. The molecule has 1 aliphatic heterocycles. The Balaban J connectivity index is 2.91. The molecule has 1 aliphatic rings. The average molecular weight is 260 g/mol. The lowest BCUT2D eigenvalue weighted by atomic mass is 10.0. The first kappa shape index (κ1) is 11.4. The minimum Gasteiger partial charge on any atom is -0.278 e. The molecule has 0 unspecified atom stereocenters. The molecular formula is C10H7Cl2NO3. The number of rotatable bonds is 0. The number of hydroxylamine groups is 2. The normalized spacial score (nSPS) is 14.7. The molecule has 0 saturated heterocycles. The summed E-state index contributed by atoms with van der Waals surface area (Å²) in [4.78, 5) is 23.1. The Bertz CT molecular complexity index is 493. The van der Waals surface area contributed by atoms with Crippen LogP contribution < -0.4 is 0 Å². The van der Waals surface area contributed by atoms with Crippen LogP contribution in [-0.4, -0.2) is 22.1 Å². The van der Waals surface area contributed by atoms with E-state index in [1.807, 2.05) is 0 Å². The van der Waals surface area contributed by atoms with Crippen molar-refractivity contribution in [2.75, 3.05) is 0 Å². The van der Waals surface area contributed by atoms with Gasteiger partial charge in [-0.15, -0.1) is 5.06 Å². The van der Waals surface area contributed by atoms with Crippen LogP contribution in [0.25, 0.3) is 0 Å². The van der Waals surface area contributed by atoms with Crippen molar-refractivity contribution < 1.29 is 14.8 Å². The Morgan fingerprint density at radius 2 is 1.25 bits per heavy atom. The topological polar surface area (TPSA) is 57.6 Å². The largest absolute Gasteiger partial charge is 0.287 e. The lowest BCUT2D eigenvalue weighted by molar-refractivity contribution is -0.0327. The van der Waals surface area contributed by atoms with Gasteiger partial charge in [0.15, 0.2) is 0 Å². The maximum atomic E-state index is 11.6. The lowest BCUT2D eigenvalue weighted by Crippen LogP contribution is -2.25. The van der Waals surface area contributed by atoms with Gasteiger partial charge in [0.05, 0.1) is 21.2 Å². The monoisotopic (exact) mass is 259 g/mol. The van der Waals surface area contributed by atoms with E-state index in [0.29, 0.717) is 11.1 Å². The van der Waals surface area contributed by atoms with Gasteiger partial charge in [-0.25, -0.2) is 0 Å². The van der Waals surface area contributed by atoms with Gasteiger partial charge in [0.1, 0.15) is 0 Å². The lowest BCUT2D eigenvalue weighted by Gasteiger charge is -2.09. The van der Waals surface area contributed by atoms with Crippen molar-refractivity contribution in [1.29, 1.82) is 0 Å².